The summed E-state index contributed by atoms with van der Waals surface area (Å²) in [4.78, 5) is 32.9. The molecule has 0 fully saturated rings. The standard InChI is InChI=1S/C24H34N4O8/c1-31-7-9-33-11-13-35-17-23(29)27-19-3-5-25-21(15-19)22-16-20(4-6-26-22)28-24(30)18-36-14-12-34-10-8-32-2/h3-6,15-16H,7-14,17-18H2,1-2H3,(H,25,27,29)(H,26,28,30). The molecule has 0 aromatic carbocycles. The van der Waals surface area contributed by atoms with Crippen LogP contribution in [0.1, 0.15) is 0 Å². The Morgan fingerprint density at radius 1 is 0.639 bits per heavy atom. The van der Waals surface area contributed by atoms with Gasteiger partial charge in [0.25, 0.3) is 0 Å². The first-order valence-corrected chi connectivity index (χ1v) is 11.4. The molecule has 12 heteroatoms. The van der Waals surface area contributed by atoms with E-state index in [1.807, 2.05) is 0 Å². The number of hydrogen-bond donors (Lipinski definition) is 2. The highest BCUT2D eigenvalue weighted by Crippen LogP contribution is 2.21. The largest absolute Gasteiger partial charge is 0.382 e. The van der Waals surface area contributed by atoms with E-state index in [1.165, 1.54) is 0 Å². The topological polar surface area (TPSA) is 139 Å². The molecule has 2 amide bonds. The van der Waals surface area contributed by atoms with Gasteiger partial charge in [-0.05, 0) is 24.3 Å². The van der Waals surface area contributed by atoms with Gasteiger partial charge in [0.05, 0.1) is 64.2 Å². The van der Waals surface area contributed by atoms with E-state index in [9.17, 15) is 9.59 Å². The minimum Gasteiger partial charge on any atom is -0.382 e. The van der Waals surface area contributed by atoms with Crippen molar-refractivity contribution in [3.8, 4) is 11.4 Å². The fraction of sp³-hybridized carbons (Fsp3) is 0.500. The lowest BCUT2D eigenvalue weighted by Crippen LogP contribution is -2.20. The molecule has 12 nitrogen and oxygen atoms in total. The van der Waals surface area contributed by atoms with Gasteiger partial charge in [0, 0.05) is 38.0 Å². The lowest BCUT2D eigenvalue weighted by molar-refractivity contribution is -0.121. The number of anilines is 2. The Labute approximate surface area is 210 Å². The molecule has 0 aliphatic rings. The summed E-state index contributed by atoms with van der Waals surface area (Å²) < 4.78 is 30.9. The first kappa shape index (κ1) is 29.2. The Hall–Kier alpha value is -3.00. The highest BCUT2D eigenvalue weighted by atomic mass is 16.5. The van der Waals surface area contributed by atoms with Gasteiger partial charge in [0.15, 0.2) is 0 Å². The predicted octanol–water partition coefficient (Wildman–Crippen LogP) is 1.38. The highest BCUT2D eigenvalue weighted by molar-refractivity contribution is 5.93. The van der Waals surface area contributed by atoms with Crippen LogP contribution in [0.5, 0.6) is 0 Å². The predicted molar refractivity (Wildman–Crippen MR) is 132 cm³/mol. The molecule has 0 bridgehead atoms. The molecule has 198 valence electrons. The molecule has 0 unspecified atom stereocenters. The fourth-order valence-electron chi connectivity index (χ4n) is 2.74. The van der Waals surface area contributed by atoms with Crippen LogP contribution in [0.2, 0.25) is 0 Å². The first-order valence-electron chi connectivity index (χ1n) is 11.4. The molecule has 2 N–H and O–H groups in total. The van der Waals surface area contributed by atoms with Crippen LogP contribution in [0, 0.1) is 0 Å². The van der Waals surface area contributed by atoms with E-state index >= 15 is 0 Å². The maximum absolute atomic E-state index is 12.1. The molecular weight excluding hydrogens is 472 g/mol. The van der Waals surface area contributed by atoms with Gasteiger partial charge < -0.3 is 39.1 Å². The molecule has 0 radical (unpaired) electrons. The minimum absolute atomic E-state index is 0.105. The third-order valence-corrected chi connectivity index (χ3v) is 4.42. The number of rotatable bonds is 19. The van der Waals surface area contributed by atoms with Crippen LogP contribution in [-0.4, -0.2) is 102 Å². The maximum atomic E-state index is 12.1. The van der Waals surface area contributed by atoms with Crippen LogP contribution in [0.3, 0.4) is 0 Å². The maximum Gasteiger partial charge on any atom is 0.250 e. The van der Waals surface area contributed by atoms with Gasteiger partial charge in [-0.3, -0.25) is 19.6 Å². The van der Waals surface area contributed by atoms with Crippen LogP contribution in [0.4, 0.5) is 11.4 Å². The first-order chi connectivity index (χ1) is 17.6. The molecule has 2 aromatic rings. The summed E-state index contributed by atoms with van der Waals surface area (Å²) in [6, 6.07) is 6.70. The van der Waals surface area contributed by atoms with Crippen LogP contribution >= 0.6 is 0 Å². The number of ether oxygens (including phenoxy) is 6. The Morgan fingerprint density at radius 3 is 1.44 bits per heavy atom. The van der Waals surface area contributed by atoms with E-state index in [4.69, 9.17) is 28.4 Å². The summed E-state index contributed by atoms with van der Waals surface area (Å²) in [5.74, 6) is -0.607. The zero-order valence-electron chi connectivity index (χ0n) is 20.7. The third kappa shape index (κ3) is 12.6. The number of methoxy groups -OCH3 is 2. The van der Waals surface area contributed by atoms with Gasteiger partial charge in [-0.1, -0.05) is 0 Å². The lowest BCUT2D eigenvalue weighted by Gasteiger charge is -2.09. The van der Waals surface area contributed by atoms with E-state index in [0.29, 0.717) is 75.6 Å². The Kier molecular flexibility index (Phi) is 14.9. The molecule has 0 spiro atoms. The van der Waals surface area contributed by atoms with Crippen molar-refractivity contribution in [3.05, 3.63) is 36.7 Å². The average molecular weight is 507 g/mol. The lowest BCUT2D eigenvalue weighted by atomic mass is 10.2. The van der Waals surface area contributed by atoms with Crippen molar-refractivity contribution in [3.63, 3.8) is 0 Å². The van der Waals surface area contributed by atoms with Gasteiger partial charge in [-0.2, -0.15) is 0 Å². The third-order valence-electron chi connectivity index (χ3n) is 4.42. The molecule has 2 heterocycles. The summed E-state index contributed by atoms with van der Waals surface area (Å²) in [5, 5.41) is 5.52. The van der Waals surface area contributed by atoms with Crippen LogP contribution in [0.25, 0.3) is 11.4 Å². The summed E-state index contributed by atoms with van der Waals surface area (Å²) in [6.07, 6.45) is 3.12. The second-order valence-electron chi connectivity index (χ2n) is 7.27. The van der Waals surface area contributed by atoms with E-state index in [2.05, 4.69) is 20.6 Å². The second kappa shape index (κ2) is 18.3. The summed E-state index contributed by atoms with van der Waals surface area (Å²) in [5.41, 5.74) is 2.14. The zero-order valence-corrected chi connectivity index (χ0v) is 20.7. The quantitative estimate of drug-likeness (QED) is 0.269. The Bertz CT molecular complexity index is 842. The number of aromatic nitrogens is 2. The SMILES string of the molecule is COCCOCCOCC(=O)Nc1ccnc(-c2cc(NC(=O)COCCOCCOC)ccn2)c1. The van der Waals surface area contributed by atoms with Crippen molar-refractivity contribution in [1.29, 1.82) is 0 Å². The molecule has 2 rings (SSSR count). The summed E-state index contributed by atoms with van der Waals surface area (Å²) in [6.45, 7) is 3.12. The average Bonchev–Trinajstić information content (AvgIpc) is 2.88. The van der Waals surface area contributed by atoms with Crippen molar-refractivity contribution in [2.45, 2.75) is 0 Å². The van der Waals surface area contributed by atoms with Crippen molar-refractivity contribution < 1.29 is 38.0 Å². The number of hydrogen-bond acceptors (Lipinski definition) is 10. The van der Waals surface area contributed by atoms with Crippen LogP contribution in [-0.2, 0) is 38.0 Å². The minimum atomic E-state index is -0.304. The number of nitrogens with one attached hydrogen (secondary N) is 2. The number of carbonyl (C=O) groups is 2. The van der Waals surface area contributed by atoms with E-state index in [0.717, 1.165) is 0 Å². The van der Waals surface area contributed by atoms with Crippen molar-refractivity contribution in [2.75, 3.05) is 90.9 Å². The van der Waals surface area contributed by atoms with Crippen LogP contribution in [0.15, 0.2) is 36.7 Å². The number of pyridine rings is 2. The van der Waals surface area contributed by atoms with E-state index in [1.54, 1.807) is 50.9 Å². The molecule has 36 heavy (non-hydrogen) atoms. The van der Waals surface area contributed by atoms with Crippen LogP contribution < -0.4 is 10.6 Å². The molecule has 0 saturated carbocycles. The van der Waals surface area contributed by atoms with Crippen molar-refractivity contribution in [1.82, 2.24) is 9.97 Å². The normalized spacial score (nSPS) is 10.8. The Morgan fingerprint density at radius 2 is 1.03 bits per heavy atom. The monoisotopic (exact) mass is 506 g/mol. The molecule has 0 atom stereocenters. The fourth-order valence-corrected chi connectivity index (χ4v) is 2.74. The van der Waals surface area contributed by atoms with Gasteiger partial charge in [0.1, 0.15) is 13.2 Å². The summed E-state index contributed by atoms with van der Waals surface area (Å²) >= 11 is 0. The Balaban J connectivity index is 1.77. The van der Waals surface area contributed by atoms with Gasteiger partial charge in [-0.15, -0.1) is 0 Å². The molecule has 0 aliphatic carbocycles. The van der Waals surface area contributed by atoms with Gasteiger partial charge in [0.2, 0.25) is 11.8 Å². The van der Waals surface area contributed by atoms with Gasteiger partial charge in [-0.25, -0.2) is 0 Å². The summed E-state index contributed by atoms with van der Waals surface area (Å²) in [7, 11) is 3.20. The molecule has 0 aliphatic heterocycles. The van der Waals surface area contributed by atoms with E-state index < -0.39 is 0 Å². The van der Waals surface area contributed by atoms with Crippen molar-refractivity contribution >= 4 is 23.2 Å². The second-order valence-corrected chi connectivity index (χ2v) is 7.27. The number of nitrogens with zero attached hydrogens (tertiary/aromatic N) is 2. The highest BCUT2D eigenvalue weighted by Gasteiger charge is 2.09. The molecule has 0 saturated heterocycles. The molecular formula is C24H34N4O8. The molecule has 2 aromatic heterocycles. The van der Waals surface area contributed by atoms with Crippen molar-refractivity contribution in [2.24, 2.45) is 0 Å². The number of carbonyl (C=O) groups excluding carboxylic acids is 2. The smallest absolute Gasteiger partial charge is 0.250 e. The zero-order chi connectivity index (χ0) is 25.8. The number of amides is 2. The van der Waals surface area contributed by atoms with Gasteiger partial charge >= 0.3 is 0 Å². The van der Waals surface area contributed by atoms with E-state index in [-0.39, 0.29) is 25.0 Å².